The Labute approximate surface area is 143 Å². The van der Waals surface area contributed by atoms with Crippen LogP contribution in [0, 0.1) is 0 Å². The lowest BCUT2D eigenvalue weighted by atomic mass is 10.1. The number of para-hydroxylation sites is 2. The molecule has 0 radical (unpaired) electrons. The number of hydrogen-bond donors (Lipinski definition) is 1. The highest BCUT2D eigenvalue weighted by molar-refractivity contribution is 7.99. The maximum atomic E-state index is 12.4. The van der Waals surface area contributed by atoms with Crippen LogP contribution in [0.3, 0.4) is 0 Å². The van der Waals surface area contributed by atoms with Gasteiger partial charge < -0.3 is 14.8 Å². The molecule has 2 aromatic rings. The zero-order valence-corrected chi connectivity index (χ0v) is 14.1. The first kappa shape index (κ1) is 18.3. The normalized spacial score (nSPS) is 11.2. The molecule has 0 aliphatic heterocycles. The van der Waals surface area contributed by atoms with Crippen molar-refractivity contribution in [2.75, 3.05) is 25.3 Å². The topological polar surface area (TPSA) is 30.5 Å². The van der Waals surface area contributed by atoms with Crippen molar-refractivity contribution in [2.45, 2.75) is 17.6 Å². The Morgan fingerprint density at radius 1 is 1.00 bits per heavy atom. The minimum absolute atomic E-state index is 0.407. The molecule has 130 valence electrons. The monoisotopic (exact) mass is 357 g/mol. The van der Waals surface area contributed by atoms with Crippen LogP contribution in [0.15, 0.2) is 47.4 Å². The number of alkyl halides is 3. The molecule has 0 aliphatic carbocycles. The number of ether oxygens (including phenoxy) is 2. The molecule has 0 fully saturated rings. The van der Waals surface area contributed by atoms with Crippen LogP contribution in [0.5, 0.6) is 11.5 Å². The lowest BCUT2D eigenvalue weighted by Crippen LogP contribution is -2.11. The second-order valence-electron chi connectivity index (χ2n) is 4.91. The van der Waals surface area contributed by atoms with Crippen LogP contribution in [0.25, 0.3) is 0 Å². The predicted molar refractivity (Wildman–Crippen MR) is 90.1 cm³/mol. The van der Waals surface area contributed by atoms with Crippen LogP contribution in [0.4, 0.5) is 18.9 Å². The molecule has 0 atom stereocenters. The van der Waals surface area contributed by atoms with Crippen molar-refractivity contribution in [1.82, 2.24) is 0 Å². The Kier molecular flexibility index (Phi) is 6.25. The van der Waals surface area contributed by atoms with Gasteiger partial charge in [0, 0.05) is 22.7 Å². The largest absolute Gasteiger partial charge is 0.493 e. The van der Waals surface area contributed by atoms with Gasteiger partial charge in [-0.2, -0.15) is 13.2 Å². The number of halogens is 3. The molecule has 3 nitrogen and oxygen atoms in total. The minimum Gasteiger partial charge on any atom is -0.493 e. The molecule has 0 aliphatic rings. The van der Waals surface area contributed by atoms with Gasteiger partial charge in [-0.3, -0.25) is 0 Å². The fraction of sp³-hybridized carbons (Fsp3) is 0.294. The first-order chi connectivity index (χ1) is 11.4. The van der Waals surface area contributed by atoms with Crippen molar-refractivity contribution in [3.63, 3.8) is 0 Å². The van der Waals surface area contributed by atoms with Gasteiger partial charge in [-0.05, 0) is 18.2 Å². The standard InChI is InChI=1S/C17H18F3NO2S/c1-22-14-8-5-6-12(16(14)23-2)10-21-13-7-3-4-9-15(13)24-11-17(18,19)20/h3-9,21H,10-11H2,1-2H3. The van der Waals surface area contributed by atoms with E-state index < -0.39 is 11.9 Å². The van der Waals surface area contributed by atoms with Crippen LogP contribution in [-0.4, -0.2) is 26.1 Å². The summed E-state index contributed by atoms with van der Waals surface area (Å²) in [5.74, 6) is 0.290. The second kappa shape index (κ2) is 8.19. The summed E-state index contributed by atoms with van der Waals surface area (Å²) in [5, 5.41) is 3.17. The summed E-state index contributed by atoms with van der Waals surface area (Å²) in [7, 11) is 3.10. The SMILES string of the molecule is COc1cccc(CNc2ccccc2SCC(F)(F)F)c1OC. The summed E-state index contributed by atoms with van der Waals surface area (Å²) in [6, 6.07) is 12.4. The van der Waals surface area contributed by atoms with Crippen molar-refractivity contribution >= 4 is 17.4 Å². The van der Waals surface area contributed by atoms with E-state index >= 15 is 0 Å². The molecule has 0 spiro atoms. The van der Waals surface area contributed by atoms with Crippen molar-refractivity contribution in [3.8, 4) is 11.5 Å². The van der Waals surface area contributed by atoms with Gasteiger partial charge in [0.2, 0.25) is 0 Å². The highest BCUT2D eigenvalue weighted by atomic mass is 32.2. The summed E-state index contributed by atoms with van der Waals surface area (Å²) in [6.45, 7) is 0.407. The maximum Gasteiger partial charge on any atom is 0.398 e. The molecule has 2 aromatic carbocycles. The lowest BCUT2D eigenvalue weighted by molar-refractivity contribution is -0.105. The van der Waals surface area contributed by atoms with Gasteiger partial charge in [0.1, 0.15) is 0 Å². The Morgan fingerprint density at radius 3 is 2.42 bits per heavy atom. The van der Waals surface area contributed by atoms with E-state index in [2.05, 4.69) is 5.32 Å². The van der Waals surface area contributed by atoms with E-state index in [0.29, 0.717) is 28.6 Å². The second-order valence-corrected chi connectivity index (χ2v) is 5.92. The highest BCUT2D eigenvalue weighted by Gasteiger charge is 2.27. The minimum atomic E-state index is -4.20. The molecule has 1 N–H and O–H groups in total. The molecule has 0 heterocycles. The van der Waals surface area contributed by atoms with Gasteiger partial charge in [-0.25, -0.2) is 0 Å². The van der Waals surface area contributed by atoms with Crippen molar-refractivity contribution < 1.29 is 22.6 Å². The third kappa shape index (κ3) is 4.99. The van der Waals surface area contributed by atoms with E-state index in [-0.39, 0.29) is 0 Å². The molecular weight excluding hydrogens is 339 g/mol. The van der Waals surface area contributed by atoms with Gasteiger partial charge in [0.15, 0.2) is 11.5 Å². The number of rotatable bonds is 7. The number of hydrogen-bond acceptors (Lipinski definition) is 4. The summed E-state index contributed by atoms with van der Waals surface area (Å²) >= 11 is 0.763. The zero-order valence-electron chi connectivity index (χ0n) is 13.3. The summed E-state index contributed by atoms with van der Waals surface area (Å²) < 4.78 is 47.9. The third-order valence-electron chi connectivity index (χ3n) is 3.23. The summed E-state index contributed by atoms with van der Waals surface area (Å²) in [6.07, 6.45) is -4.20. The van der Waals surface area contributed by atoms with E-state index in [4.69, 9.17) is 9.47 Å². The molecule has 0 saturated carbocycles. The fourth-order valence-corrected chi connectivity index (χ4v) is 2.97. The highest BCUT2D eigenvalue weighted by Crippen LogP contribution is 2.34. The number of thioether (sulfide) groups is 1. The Balaban J connectivity index is 2.13. The van der Waals surface area contributed by atoms with E-state index in [1.54, 1.807) is 44.6 Å². The summed E-state index contributed by atoms with van der Waals surface area (Å²) in [5.41, 5.74) is 1.50. The first-order valence-electron chi connectivity index (χ1n) is 7.17. The number of benzene rings is 2. The maximum absolute atomic E-state index is 12.4. The lowest BCUT2D eigenvalue weighted by Gasteiger charge is -2.15. The number of methoxy groups -OCH3 is 2. The van der Waals surface area contributed by atoms with Crippen LogP contribution >= 0.6 is 11.8 Å². The van der Waals surface area contributed by atoms with E-state index in [1.165, 1.54) is 0 Å². The molecule has 0 saturated heterocycles. The average molecular weight is 357 g/mol. The van der Waals surface area contributed by atoms with Crippen molar-refractivity contribution in [3.05, 3.63) is 48.0 Å². The van der Waals surface area contributed by atoms with Crippen LogP contribution in [-0.2, 0) is 6.54 Å². The molecule has 24 heavy (non-hydrogen) atoms. The molecule has 0 amide bonds. The zero-order chi connectivity index (χ0) is 17.6. The van der Waals surface area contributed by atoms with Gasteiger partial charge >= 0.3 is 6.18 Å². The van der Waals surface area contributed by atoms with Crippen LogP contribution in [0.1, 0.15) is 5.56 Å². The van der Waals surface area contributed by atoms with Crippen molar-refractivity contribution in [2.24, 2.45) is 0 Å². The fourth-order valence-electron chi connectivity index (χ4n) is 2.18. The van der Waals surface area contributed by atoms with E-state index in [0.717, 1.165) is 17.3 Å². The molecule has 0 unspecified atom stereocenters. The van der Waals surface area contributed by atoms with Gasteiger partial charge in [-0.1, -0.05) is 24.3 Å². The number of anilines is 1. The molecule has 0 aromatic heterocycles. The molecule has 2 rings (SSSR count). The molecule has 7 heteroatoms. The average Bonchev–Trinajstić information content (AvgIpc) is 2.57. The van der Waals surface area contributed by atoms with E-state index in [9.17, 15) is 13.2 Å². The Bertz CT molecular complexity index is 677. The van der Waals surface area contributed by atoms with Crippen LogP contribution < -0.4 is 14.8 Å². The van der Waals surface area contributed by atoms with Gasteiger partial charge in [-0.15, -0.1) is 11.8 Å². The number of nitrogens with one attached hydrogen (secondary N) is 1. The smallest absolute Gasteiger partial charge is 0.398 e. The van der Waals surface area contributed by atoms with Gasteiger partial charge in [0.05, 0.1) is 20.0 Å². The van der Waals surface area contributed by atoms with Gasteiger partial charge in [0.25, 0.3) is 0 Å². The molecule has 0 bridgehead atoms. The first-order valence-corrected chi connectivity index (χ1v) is 8.15. The van der Waals surface area contributed by atoms with Crippen molar-refractivity contribution in [1.29, 1.82) is 0 Å². The third-order valence-corrected chi connectivity index (χ3v) is 4.37. The molecular formula is C17H18F3NO2S. The Morgan fingerprint density at radius 2 is 1.75 bits per heavy atom. The Hall–Kier alpha value is -2.02. The van der Waals surface area contributed by atoms with Crippen LogP contribution in [0.2, 0.25) is 0 Å². The van der Waals surface area contributed by atoms with E-state index in [1.807, 2.05) is 12.1 Å². The quantitative estimate of drug-likeness (QED) is 0.709. The summed E-state index contributed by atoms with van der Waals surface area (Å²) in [4.78, 5) is 0.552. The predicted octanol–water partition coefficient (Wildman–Crippen LogP) is 4.97.